The van der Waals surface area contributed by atoms with E-state index in [1.165, 1.54) is 4.90 Å². The minimum atomic E-state index is -0.296. The number of benzene rings is 1. The lowest BCUT2D eigenvalue weighted by atomic mass is 9.98. The van der Waals surface area contributed by atoms with Crippen LogP contribution in [0.3, 0.4) is 0 Å². The minimum absolute atomic E-state index is 0.110. The number of carbonyl (C=O) groups excluding carboxylic acids is 1. The van der Waals surface area contributed by atoms with Gasteiger partial charge in [0.05, 0.1) is 19.1 Å². The number of hydrogen-bond donors (Lipinski definition) is 0. The summed E-state index contributed by atoms with van der Waals surface area (Å²) in [5.41, 5.74) is 1.12. The van der Waals surface area contributed by atoms with Gasteiger partial charge in [0.15, 0.2) is 0 Å². The van der Waals surface area contributed by atoms with Crippen LogP contribution in [0.15, 0.2) is 33.6 Å². The number of nitrogens with zero attached hydrogens (tertiary/aromatic N) is 3. The van der Waals surface area contributed by atoms with Gasteiger partial charge in [-0.1, -0.05) is 18.2 Å². The third kappa shape index (κ3) is 2.64. The number of carbonyl (C=O) groups is 1. The van der Waals surface area contributed by atoms with Gasteiger partial charge in [-0.15, -0.1) is 22.0 Å². The van der Waals surface area contributed by atoms with E-state index in [-0.39, 0.29) is 17.9 Å². The maximum Gasteiger partial charge on any atom is 0.241 e. The van der Waals surface area contributed by atoms with E-state index in [4.69, 9.17) is 9.15 Å². The van der Waals surface area contributed by atoms with Gasteiger partial charge in [-0.3, -0.25) is 4.79 Å². The molecule has 1 aromatic carbocycles. The van der Waals surface area contributed by atoms with Crippen LogP contribution in [0.2, 0.25) is 0 Å². The molecule has 2 aromatic rings. The van der Waals surface area contributed by atoms with Gasteiger partial charge in [0.1, 0.15) is 6.04 Å². The Balaban J connectivity index is 1.61. The van der Waals surface area contributed by atoms with Crippen LogP contribution in [0.5, 0.6) is 0 Å². The molecule has 2 atom stereocenters. The van der Waals surface area contributed by atoms with Gasteiger partial charge in [0.2, 0.25) is 17.7 Å². The summed E-state index contributed by atoms with van der Waals surface area (Å²) in [6, 6.07) is 7.83. The molecule has 1 amide bonds. The number of aromatic nitrogens is 2. The maximum absolute atomic E-state index is 13.1. The number of thioether (sulfide) groups is 1. The molecular weight excluding hydrogens is 314 g/mol. The highest BCUT2D eigenvalue weighted by Crippen LogP contribution is 2.41. The molecule has 120 valence electrons. The van der Waals surface area contributed by atoms with Crippen LogP contribution in [-0.2, 0) is 9.53 Å². The SMILES string of the molecule is Cc1nnc([C@@H]2COCCN2C(=O)[C@H]2CSc3ccccc32)o1. The first-order valence-electron chi connectivity index (χ1n) is 7.64. The fourth-order valence-corrected chi connectivity index (χ4v) is 4.31. The molecule has 3 heterocycles. The van der Waals surface area contributed by atoms with Crippen molar-refractivity contribution in [2.75, 3.05) is 25.5 Å². The summed E-state index contributed by atoms with van der Waals surface area (Å²) < 4.78 is 11.1. The Bertz CT molecular complexity index is 733. The summed E-state index contributed by atoms with van der Waals surface area (Å²) in [6.07, 6.45) is 0. The fraction of sp³-hybridized carbons (Fsp3) is 0.438. The Morgan fingerprint density at radius 3 is 3.04 bits per heavy atom. The van der Waals surface area contributed by atoms with Crippen molar-refractivity contribution >= 4 is 17.7 Å². The predicted molar refractivity (Wildman–Crippen MR) is 84.2 cm³/mol. The van der Waals surface area contributed by atoms with E-state index in [1.54, 1.807) is 18.7 Å². The standard InChI is InChI=1S/C16H17N3O3S/c1-10-17-18-15(22-10)13-8-21-7-6-19(13)16(20)12-9-23-14-5-3-2-4-11(12)14/h2-5,12-13H,6-9H2,1H3/t12-,13-/m0/s1. The summed E-state index contributed by atoms with van der Waals surface area (Å²) in [5.74, 6) is 1.74. The van der Waals surface area contributed by atoms with Crippen LogP contribution in [0.4, 0.5) is 0 Å². The van der Waals surface area contributed by atoms with Gasteiger partial charge in [-0.2, -0.15) is 0 Å². The number of morpholine rings is 1. The molecule has 2 aliphatic rings. The molecular formula is C16H17N3O3S. The molecule has 0 bridgehead atoms. The largest absolute Gasteiger partial charge is 0.423 e. The normalized spacial score (nSPS) is 23.8. The van der Waals surface area contributed by atoms with Crippen LogP contribution in [0, 0.1) is 6.92 Å². The molecule has 23 heavy (non-hydrogen) atoms. The maximum atomic E-state index is 13.1. The number of fused-ring (bicyclic) bond motifs is 1. The minimum Gasteiger partial charge on any atom is -0.423 e. The summed E-state index contributed by atoms with van der Waals surface area (Å²) in [6.45, 7) is 3.23. The topological polar surface area (TPSA) is 68.5 Å². The summed E-state index contributed by atoms with van der Waals surface area (Å²) in [5, 5.41) is 7.95. The highest BCUT2D eigenvalue weighted by molar-refractivity contribution is 7.99. The third-order valence-electron chi connectivity index (χ3n) is 4.24. The van der Waals surface area contributed by atoms with Crippen LogP contribution in [0.1, 0.15) is 29.3 Å². The first-order chi connectivity index (χ1) is 11.2. The van der Waals surface area contributed by atoms with E-state index in [9.17, 15) is 4.79 Å². The van der Waals surface area contributed by atoms with Crippen molar-refractivity contribution in [3.8, 4) is 0 Å². The molecule has 0 unspecified atom stereocenters. The number of amides is 1. The molecule has 1 fully saturated rings. The molecule has 0 aliphatic carbocycles. The zero-order chi connectivity index (χ0) is 15.8. The molecule has 0 radical (unpaired) electrons. The molecule has 0 saturated carbocycles. The van der Waals surface area contributed by atoms with Gasteiger partial charge >= 0.3 is 0 Å². The molecule has 7 heteroatoms. The van der Waals surface area contributed by atoms with Crippen molar-refractivity contribution in [2.45, 2.75) is 23.8 Å². The zero-order valence-electron chi connectivity index (χ0n) is 12.8. The first-order valence-corrected chi connectivity index (χ1v) is 8.62. The van der Waals surface area contributed by atoms with E-state index in [0.29, 0.717) is 31.5 Å². The van der Waals surface area contributed by atoms with E-state index < -0.39 is 0 Å². The van der Waals surface area contributed by atoms with E-state index in [0.717, 1.165) is 11.3 Å². The van der Waals surface area contributed by atoms with Crippen LogP contribution in [0.25, 0.3) is 0 Å². The van der Waals surface area contributed by atoms with E-state index in [2.05, 4.69) is 16.3 Å². The highest BCUT2D eigenvalue weighted by atomic mass is 32.2. The lowest BCUT2D eigenvalue weighted by molar-refractivity contribution is -0.142. The van der Waals surface area contributed by atoms with Crippen molar-refractivity contribution < 1.29 is 13.9 Å². The van der Waals surface area contributed by atoms with E-state index in [1.807, 2.05) is 23.1 Å². The second-order valence-electron chi connectivity index (χ2n) is 5.68. The Morgan fingerprint density at radius 2 is 2.22 bits per heavy atom. The van der Waals surface area contributed by atoms with Gasteiger partial charge in [0, 0.05) is 24.1 Å². The molecule has 2 aliphatic heterocycles. The second-order valence-corrected chi connectivity index (χ2v) is 6.74. The van der Waals surface area contributed by atoms with Gasteiger partial charge < -0.3 is 14.1 Å². The van der Waals surface area contributed by atoms with Crippen molar-refractivity contribution in [3.05, 3.63) is 41.6 Å². The summed E-state index contributed by atoms with van der Waals surface area (Å²) in [4.78, 5) is 16.2. The van der Waals surface area contributed by atoms with Crippen LogP contribution >= 0.6 is 11.8 Å². The van der Waals surface area contributed by atoms with Gasteiger partial charge in [-0.25, -0.2) is 0 Å². The average Bonchev–Trinajstić information content (AvgIpc) is 3.20. The summed E-state index contributed by atoms with van der Waals surface area (Å²) in [7, 11) is 0. The Hall–Kier alpha value is -1.86. The Kier molecular flexibility index (Phi) is 3.82. The monoisotopic (exact) mass is 331 g/mol. The second kappa shape index (κ2) is 5.98. The fourth-order valence-electron chi connectivity index (χ4n) is 3.09. The van der Waals surface area contributed by atoms with Crippen molar-refractivity contribution in [2.24, 2.45) is 0 Å². The molecule has 0 spiro atoms. The number of ether oxygens (including phenoxy) is 1. The molecule has 1 aromatic heterocycles. The van der Waals surface area contributed by atoms with Crippen LogP contribution in [-0.4, -0.2) is 46.5 Å². The quantitative estimate of drug-likeness (QED) is 0.840. The van der Waals surface area contributed by atoms with E-state index >= 15 is 0 Å². The molecule has 4 rings (SSSR count). The van der Waals surface area contributed by atoms with Crippen molar-refractivity contribution in [3.63, 3.8) is 0 Å². The Labute approximate surface area is 138 Å². The van der Waals surface area contributed by atoms with Crippen molar-refractivity contribution in [1.82, 2.24) is 15.1 Å². The number of rotatable bonds is 2. The molecule has 1 saturated heterocycles. The lowest BCUT2D eigenvalue weighted by Crippen LogP contribution is -2.45. The number of hydrogen-bond acceptors (Lipinski definition) is 6. The predicted octanol–water partition coefficient (Wildman–Crippen LogP) is 2.17. The van der Waals surface area contributed by atoms with Crippen molar-refractivity contribution in [1.29, 1.82) is 0 Å². The lowest BCUT2D eigenvalue weighted by Gasteiger charge is -2.35. The molecule has 0 N–H and O–H groups in total. The zero-order valence-corrected chi connectivity index (χ0v) is 13.6. The highest BCUT2D eigenvalue weighted by Gasteiger charge is 2.38. The Morgan fingerprint density at radius 1 is 1.35 bits per heavy atom. The third-order valence-corrected chi connectivity index (χ3v) is 5.42. The first kappa shape index (κ1) is 14.7. The van der Waals surface area contributed by atoms with Gasteiger partial charge in [-0.05, 0) is 11.6 Å². The summed E-state index contributed by atoms with van der Waals surface area (Å²) >= 11 is 1.74. The van der Waals surface area contributed by atoms with Gasteiger partial charge in [0.25, 0.3) is 0 Å². The average molecular weight is 331 g/mol. The van der Waals surface area contributed by atoms with Crippen LogP contribution < -0.4 is 0 Å². The smallest absolute Gasteiger partial charge is 0.241 e. The molecule has 6 nitrogen and oxygen atoms in total. The number of aryl methyl sites for hydroxylation is 1.